The summed E-state index contributed by atoms with van der Waals surface area (Å²) in [4.78, 5) is 23.7. The Morgan fingerprint density at radius 3 is 2.63 bits per heavy atom. The van der Waals surface area contributed by atoms with E-state index in [0.717, 1.165) is 17.7 Å². The second-order valence-electron chi connectivity index (χ2n) is 6.93. The van der Waals surface area contributed by atoms with Gasteiger partial charge in [0.1, 0.15) is 17.3 Å². The average Bonchev–Trinajstić information content (AvgIpc) is 2.66. The van der Waals surface area contributed by atoms with Gasteiger partial charge in [-0.2, -0.15) is 0 Å². The molecule has 136 valence electrons. The van der Waals surface area contributed by atoms with Crippen molar-refractivity contribution in [3.8, 4) is 0 Å². The van der Waals surface area contributed by atoms with E-state index < -0.39 is 0 Å². The predicted octanol–water partition coefficient (Wildman–Crippen LogP) is 4.04. The van der Waals surface area contributed by atoms with E-state index in [9.17, 15) is 4.79 Å². The van der Waals surface area contributed by atoms with Gasteiger partial charge in [0.25, 0.3) is 5.91 Å². The van der Waals surface area contributed by atoms with Crippen LogP contribution in [0.5, 0.6) is 0 Å². The largest absolute Gasteiger partial charge is 0.340 e. The standard InChI is InChI=1S/C22H22N4O/c1-15-6-5-9-19(12-15)25-21-13-20(23-16(2)24-21)22(27)26-11-10-17-7-3-4-8-18(17)14-26/h3-9,12-13H,10-11,14H2,1-2H3,(H,23,24,25). The Balaban J connectivity index is 1.57. The number of fused-ring (bicyclic) bond motifs is 1. The second kappa shape index (κ2) is 7.19. The molecule has 5 heteroatoms. The van der Waals surface area contributed by atoms with Crippen molar-refractivity contribution in [2.24, 2.45) is 0 Å². The minimum absolute atomic E-state index is 0.0534. The van der Waals surface area contributed by atoms with Crippen molar-refractivity contribution in [1.82, 2.24) is 14.9 Å². The first-order valence-electron chi connectivity index (χ1n) is 9.14. The zero-order valence-electron chi connectivity index (χ0n) is 15.6. The molecule has 1 aliphatic rings. The first-order chi connectivity index (χ1) is 13.1. The van der Waals surface area contributed by atoms with Crippen molar-refractivity contribution < 1.29 is 4.79 Å². The van der Waals surface area contributed by atoms with Gasteiger partial charge in [0.2, 0.25) is 0 Å². The second-order valence-corrected chi connectivity index (χ2v) is 6.93. The third kappa shape index (κ3) is 3.82. The lowest BCUT2D eigenvalue weighted by Gasteiger charge is -2.28. The summed E-state index contributed by atoms with van der Waals surface area (Å²) in [5.74, 6) is 1.16. The molecule has 1 amide bonds. The van der Waals surface area contributed by atoms with Gasteiger partial charge in [-0.3, -0.25) is 4.79 Å². The van der Waals surface area contributed by atoms with Crippen LogP contribution in [0, 0.1) is 13.8 Å². The van der Waals surface area contributed by atoms with E-state index in [2.05, 4.69) is 27.4 Å². The van der Waals surface area contributed by atoms with Crippen LogP contribution in [0.1, 0.15) is 33.0 Å². The van der Waals surface area contributed by atoms with Crippen LogP contribution < -0.4 is 5.32 Å². The Morgan fingerprint density at radius 1 is 1.00 bits per heavy atom. The molecule has 0 unspecified atom stereocenters. The number of hydrogen-bond acceptors (Lipinski definition) is 4. The van der Waals surface area contributed by atoms with Crippen LogP contribution in [0.2, 0.25) is 0 Å². The van der Waals surface area contributed by atoms with E-state index in [0.29, 0.717) is 30.4 Å². The minimum atomic E-state index is -0.0534. The minimum Gasteiger partial charge on any atom is -0.340 e. The lowest BCUT2D eigenvalue weighted by Crippen LogP contribution is -2.36. The molecule has 1 aromatic heterocycles. The van der Waals surface area contributed by atoms with Crippen molar-refractivity contribution in [2.75, 3.05) is 11.9 Å². The summed E-state index contributed by atoms with van der Waals surface area (Å²) in [5, 5.41) is 3.28. The Morgan fingerprint density at radius 2 is 1.81 bits per heavy atom. The number of aryl methyl sites for hydroxylation is 2. The van der Waals surface area contributed by atoms with Gasteiger partial charge in [0, 0.05) is 24.8 Å². The monoisotopic (exact) mass is 358 g/mol. The van der Waals surface area contributed by atoms with Crippen LogP contribution in [-0.2, 0) is 13.0 Å². The Hall–Kier alpha value is -3.21. The number of carbonyl (C=O) groups excluding carboxylic acids is 1. The zero-order chi connectivity index (χ0) is 18.8. The van der Waals surface area contributed by atoms with Crippen LogP contribution in [-0.4, -0.2) is 27.3 Å². The van der Waals surface area contributed by atoms with Crippen LogP contribution in [0.4, 0.5) is 11.5 Å². The molecular weight excluding hydrogens is 336 g/mol. The fourth-order valence-electron chi connectivity index (χ4n) is 3.44. The lowest BCUT2D eigenvalue weighted by atomic mass is 10.00. The summed E-state index contributed by atoms with van der Waals surface area (Å²) in [6, 6.07) is 18.1. The molecule has 0 saturated heterocycles. The maximum Gasteiger partial charge on any atom is 0.272 e. The van der Waals surface area contributed by atoms with Crippen molar-refractivity contribution in [3.63, 3.8) is 0 Å². The van der Waals surface area contributed by atoms with Gasteiger partial charge in [0.15, 0.2) is 0 Å². The molecule has 4 rings (SSSR count). The molecule has 1 N–H and O–H groups in total. The van der Waals surface area contributed by atoms with Gasteiger partial charge in [-0.15, -0.1) is 0 Å². The smallest absolute Gasteiger partial charge is 0.272 e. The third-order valence-corrected chi connectivity index (χ3v) is 4.77. The van der Waals surface area contributed by atoms with Gasteiger partial charge in [0.05, 0.1) is 0 Å². The Kier molecular flexibility index (Phi) is 4.59. The molecule has 5 nitrogen and oxygen atoms in total. The van der Waals surface area contributed by atoms with E-state index >= 15 is 0 Å². The maximum atomic E-state index is 13.0. The average molecular weight is 358 g/mol. The fourth-order valence-corrected chi connectivity index (χ4v) is 3.44. The first-order valence-corrected chi connectivity index (χ1v) is 9.14. The van der Waals surface area contributed by atoms with Crippen molar-refractivity contribution in [1.29, 1.82) is 0 Å². The van der Waals surface area contributed by atoms with Crippen molar-refractivity contribution >= 4 is 17.4 Å². The van der Waals surface area contributed by atoms with Gasteiger partial charge >= 0.3 is 0 Å². The maximum absolute atomic E-state index is 13.0. The van der Waals surface area contributed by atoms with Crippen molar-refractivity contribution in [2.45, 2.75) is 26.8 Å². The van der Waals surface area contributed by atoms with Crippen LogP contribution in [0.25, 0.3) is 0 Å². The highest BCUT2D eigenvalue weighted by atomic mass is 16.2. The lowest BCUT2D eigenvalue weighted by molar-refractivity contribution is 0.0728. The summed E-state index contributed by atoms with van der Waals surface area (Å²) in [7, 11) is 0. The van der Waals surface area contributed by atoms with Gasteiger partial charge < -0.3 is 10.2 Å². The zero-order valence-corrected chi connectivity index (χ0v) is 15.6. The molecule has 0 spiro atoms. The molecule has 1 aliphatic heterocycles. The number of rotatable bonds is 3. The van der Waals surface area contributed by atoms with E-state index in [4.69, 9.17) is 0 Å². The molecule has 0 fully saturated rings. The molecule has 3 aromatic rings. The number of amides is 1. The number of nitrogens with one attached hydrogen (secondary N) is 1. The van der Waals surface area contributed by atoms with E-state index in [1.54, 1.807) is 6.07 Å². The molecule has 0 bridgehead atoms. The van der Waals surface area contributed by atoms with Crippen LogP contribution >= 0.6 is 0 Å². The summed E-state index contributed by atoms with van der Waals surface area (Å²) >= 11 is 0. The summed E-state index contributed by atoms with van der Waals surface area (Å²) in [5.41, 5.74) is 5.06. The van der Waals surface area contributed by atoms with Crippen molar-refractivity contribution in [3.05, 3.63) is 82.8 Å². The molecule has 0 atom stereocenters. The first kappa shape index (κ1) is 17.2. The summed E-state index contributed by atoms with van der Waals surface area (Å²) in [6.45, 7) is 5.18. The topological polar surface area (TPSA) is 58.1 Å². The highest BCUT2D eigenvalue weighted by Gasteiger charge is 2.23. The fraction of sp³-hybridized carbons (Fsp3) is 0.227. The summed E-state index contributed by atoms with van der Waals surface area (Å²) in [6.07, 6.45) is 0.875. The Labute approximate surface area is 159 Å². The molecule has 2 aromatic carbocycles. The highest BCUT2D eigenvalue weighted by molar-refractivity contribution is 5.93. The number of carbonyl (C=O) groups is 1. The number of aromatic nitrogens is 2. The highest BCUT2D eigenvalue weighted by Crippen LogP contribution is 2.21. The van der Waals surface area contributed by atoms with Gasteiger partial charge in [-0.05, 0) is 49.1 Å². The quantitative estimate of drug-likeness (QED) is 0.768. The SMILES string of the molecule is Cc1cccc(Nc2cc(C(=O)N3CCc4ccccc4C3)nc(C)n2)c1. The van der Waals surface area contributed by atoms with Gasteiger partial charge in [-0.25, -0.2) is 9.97 Å². The molecule has 2 heterocycles. The van der Waals surface area contributed by atoms with Gasteiger partial charge in [-0.1, -0.05) is 36.4 Å². The predicted molar refractivity (Wildman–Crippen MR) is 106 cm³/mol. The molecule has 0 radical (unpaired) electrons. The van der Waals surface area contributed by atoms with E-state index in [-0.39, 0.29) is 5.91 Å². The number of hydrogen-bond donors (Lipinski definition) is 1. The Bertz CT molecular complexity index is 999. The molecular formula is C22H22N4O. The number of anilines is 2. The normalized spacial score (nSPS) is 13.2. The summed E-state index contributed by atoms with van der Waals surface area (Å²) < 4.78 is 0. The molecule has 27 heavy (non-hydrogen) atoms. The third-order valence-electron chi connectivity index (χ3n) is 4.77. The van der Waals surface area contributed by atoms with Crippen LogP contribution in [0.15, 0.2) is 54.6 Å². The van der Waals surface area contributed by atoms with E-state index in [1.165, 1.54) is 11.1 Å². The van der Waals surface area contributed by atoms with E-state index in [1.807, 2.05) is 55.1 Å². The molecule has 0 aliphatic carbocycles. The molecule has 0 saturated carbocycles. The number of benzene rings is 2. The van der Waals surface area contributed by atoms with Crippen LogP contribution in [0.3, 0.4) is 0 Å². The number of nitrogens with zero attached hydrogens (tertiary/aromatic N) is 3.